The molecular weight excluding hydrogens is 811 g/mol. The average molecular weight is 907 g/mol. The van der Waals surface area contributed by atoms with Crippen molar-refractivity contribution in [2.45, 2.75) is 206 Å². The van der Waals surface area contributed by atoms with Crippen LogP contribution in [-0.4, -0.2) is 80.6 Å². The van der Waals surface area contributed by atoms with Gasteiger partial charge in [-0.3, -0.25) is 9.59 Å². The molecule has 0 aliphatic carbocycles. The molecule has 8 nitrogen and oxygen atoms in total. The number of allylic oxidation sites excluding steroid dienone is 16. The smallest absolute Gasteiger partial charge is 0.362 e. The number of hydrogen-bond donors (Lipinski definition) is 1. The monoisotopic (exact) mass is 907 g/mol. The van der Waals surface area contributed by atoms with Crippen molar-refractivity contribution in [3.05, 3.63) is 97.2 Å². The minimum Gasteiger partial charge on any atom is -0.477 e. The van der Waals surface area contributed by atoms with Gasteiger partial charge in [0.05, 0.1) is 34.4 Å². The van der Waals surface area contributed by atoms with Crippen LogP contribution in [0.15, 0.2) is 97.2 Å². The molecule has 0 bridgehead atoms. The molecule has 0 aromatic carbocycles. The third kappa shape index (κ3) is 45.2. The number of carbonyl (C=O) groups excluding carboxylic acids is 2. The lowest BCUT2D eigenvalue weighted by molar-refractivity contribution is -0.887. The highest BCUT2D eigenvalue weighted by Gasteiger charge is 2.31. The molecule has 0 aliphatic heterocycles. The van der Waals surface area contributed by atoms with Crippen molar-refractivity contribution in [3.63, 3.8) is 0 Å². The first kappa shape index (κ1) is 61.2. The first-order chi connectivity index (χ1) is 31.6. The van der Waals surface area contributed by atoms with E-state index >= 15 is 0 Å². The van der Waals surface area contributed by atoms with E-state index < -0.39 is 18.1 Å². The van der Waals surface area contributed by atoms with Gasteiger partial charge in [-0.2, -0.15) is 0 Å². The van der Waals surface area contributed by atoms with Crippen LogP contribution in [0.25, 0.3) is 0 Å². The van der Waals surface area contributed by atoms with Gasteiger partial charge in [-0.05, 0) is 83.5 Å². The van der Waals surface area contributed by atoms with Gasteiger partial charge in [-0.25, -0.2) is 4.79 Å². The number of aliphatic carboxylic acids is 1. The Balaban J connectivity index is 4.32. The number of carboxylic acids is 1. The summed E-state index contributed by atoms with van der Waals surface area (Å²) in [6, 6.07) is -0.627. The molecule has 0 radical (unpaired) electrons. The van der Waals surface area contributed by atoms with Crippen LogP contribution in [0.4, 0.5) is 0 Å². The number of nitrogens with zero attached hydrogens (tertiary/aromatic N) is 1. The summed E-state index contributed by atoms with van der Waals surface area (Å²) in [6.45, 7) is 4.57. The number of carbonyl (C=O) groups is 3. The Bertz CT molecular complexity index is 1380. The Morgan fingerprint density at radius 2 is 0.923 bits per heavy atom. The van der Waals surface area contributed by atoms with Gasteiger partial charge in [0, 0.05) is 19.3 Å². The molecule has 1 N–H and O–H groups in total. The van der Waals surface area contributed by atoms with Gasteiger partial charge in [-0.15, -0.1) is 0 Å². The maximum atomic E-state index is 12.8. The topological polar surface area (TPSA) is 99.1 Å². The summed E-state index contributed by atoms with van der Waals surface area (Å²) in [4.78, 5) is 37.2. The van der Waals surface area contributed by atoms with Gasteiger partial charge in [0.1, 0.15) is 6.61 Å². The fourth-order valence-electron chi connectivity index (χ4n) is 7.06. The quantitative estimate of drug-likeness (QED) is 0.0214. The summed E-state index contributed by atoms with van der Waals surface area (Å²) < 4.78 is 17.3. The number of carboxylic acid groups (broad SMARTS) is 1. The minimum atomic E-state index is -0.883. The maximum absolute atomic E-state index is 12.8. The van der Waals surface area contributed by atoms with E-state index in [4.69, 9.17) is 14.2 Å². The van der Waals surface area contributed by atoms with Crippen molar-refractivity contribution in [3.8, 4) is 0 Å². The van der Waals surface area contributed by atoms with Crippen LogP contribution < -0.4 is 0 Å². The van der Waals surface area contributed by atoms with Crippen LogP contribution in [0, 0.1) is 0 Å². The zero-order valence-electron chi connectivity index (χ0n) is 42.2. The van der Waals surface area contributed by atoms with E-state index in [1.54, 1.807) is 0 Å². The molecule has 0 aliphatic rings. The standard InChI is InChI=1S/C57H95NO7/c1-6-8-10-12-14-16-18-20-22-24-26-27-28-29-30-32-33-35-37-39-41-43-45-47-55(59)64-52-53(51-63-50-49-54(57(61)62)58(3,4)5)65-56(60)48-46-44-42-40-38-36-34-31-25-23-21-19-17-15-13-11-9-7-2/h8,10,14,16,19-23,25-27,29-31,34,53-54H,6-7,9,11-13,15,17-18,24,28,32-33,35-52H2,1-5H3/p+1/b10-8+,16-14+,21-19+,22-20+,25-23+,27-26+,30-29+,34-31+. The fraction of sp³-hybridized carbons (Fsp3) is 0.667. The number of likely N-dealkylation sites (N-methyl/N-ethyl adjacent to an activating group) is 1. The normalized spacial score (nSPS) is 13.7. The van der Waals surface area contributed by atoms with E-state index in [1.807, 2.05) is 21.1 Å². The lowest BCUT2D eigenvalue weighted by Gasteiger charge is -2.31. The minimum absolute atomic E-state index is 0.0434. The Hall–Kier alpha value is -3.75. The molecule has 2 unspecified atom stereocenters. The van der Waals surface area contributed by atoms with Crippen LogP contribution in [0.2, 0.25) is 0 Å². The highest BCUT2D eigenvalue weighted by molar-refractivity contribution is 5.72. The Morgan fingerprint density at radius 3 is 1.40 bits per heavy atom. The molecule has 65 heavy (non-hydrogen) atoms. The number of ether oxygens (including phenoxy) is 3. The zero-order valence-corrected chi connectivity index (χ0v) is 42.2. The number of hydrogen-bond acceptors (Lipinski definition) is 6. The first-order valence-electron chi connectivity index (χ1n) is 25.8. The molecule has 0 aromatic heterocycles. The molecule has 8 heteroatoms. The van der Waals surface area contributed by atoms with E-state index in [1.165, 1.54) is 57.8 Å². The zero-order chi connectivity index (χ0) is 47.7. The van der Waals surface area contributed by atoms with Gasteiger partial charge in [0.2, 0.25) is 0 Å². The SMILES string of the molecule is CC/C=C/C/C=C/C/C=C/C/C=C/C/C=C/CCCCCCCCCC(=O)OCC(COCCC(C(=O)O)[N+](C)(C)C)OC(=O)CCCCCCC/C=C/C=C/C=C/CCCCCCC. The van der Waals surface area contributed by atoms with Crippen molar-refractivity contribution in [1.29, 1.82) is 0 Å². The molecule has 0 spiro atoms. The van der Waals surface area contributed by atoms with E-state index in [9.17, 15) is 19.5 Å². The van der Waals surface area contributed by atoms with E-state index in [0.717, 1.165) is 103 Å². The molecule has 0 heterocycles. The van der Waals surface area contributed by atoms with E-state index in [0.29, 0.717) is 19.3 Å². The summed E-state index contributed by atoms with van der Waals surface area (Å²) in [5, 5.41) is 9.66. The van der Waals surface area contributed by atoms with Crippen LogP contribution >= 0.6 is 0 Å². The number of esters is 2. The molecule has 370 valence electrons. The molecule has 0 rings (SSSR count). The second kappa shape index (κ2) is 46.8. The summed E-state index contributed by atoms with van der Waals surface area (Å²) in [5.74, 6) is -1.52. The van der Waals surface area contributed by atoms with Gasteiger partial charge in [-0.1, -0.05) is 188 Å². The fourth-order valence-corrected chi connectivity index (χ4v) is 7.06. The van der Waals surface area contributed by atoms with Crippen LogP contribution in [0.3, 0.4) is 0 Å². The van der Waals surface area contributed by atoms with Crippen molar-refractivity contribution < 1.29 is 38.2 Å². The Morgan fingerprint density at radius 1 is 0.492 bits per heavy atom. The van der Waals surface area contributed by atoms with Crippen LogP contribution in [0.1, 0.15) is 194 Å². The molecule has 0 saturated heterocycles. The summed E-state index contributed by atoms with van der Waals surface area (Å²) >= 11 is 0. The predicted octanol–water partition coefficient (Wildman–Crippen LogP) is 15.0. The van der Waals surface area contributed by atoms with Gasteiger partial charge < -0.3 is 23.8 Å². The summed E-state index contributed by atoms with van der Waals surface area (Å²) in [7, 11) is 5.52. The summed E-state index contributed by atoms with van der Waals surface area (Å²) in [5.41, 5.74) is 0. The highest BCUT2D eigenvalue weighted by atomic mass is 16.6. The average Bonchev–Trinajstić information content (AvgIpc) is 3.27. The van der Waals surface area contributed by atoms with Gasteiger partial charge in [0.15, 0.2) is 12.1 Å². The summed E-state index contributed by atoms with van der Waals surface area (Å²) in [6.07, 6.45) is 63.1. The third-order valence-corrected chi connectivity index (χ3v) is 11.0. The number of quaternary nitrogens is 1. The Kier molecular flexibility index (Phi) is 44.1. The van der Waals surface area contributed by atoms with Crippen molar-refractivity contribution in [2.24, 2.45) is 0 Å². The van der Waals surface area contributed by atoms with Crippen LogP contribution in [0.5, 0.6) is 0 Å². The molecule has 0 saturated carbocycles. The molecular formula is C57H96NO7+. The highest BCUT2D eigenvalue weighted by Crippen LogP contribution is 2.14. The second-order valence-electron chi connectivity index (χ2n) is 18.1. The number of rotatable bonds is 45. The molecule has 0 aromatic rings. The third-order valence-electron chi connectivity index (χ3n) is 11.0. The maximum Gasteiger partial charge on any atom is 0.362 e. The van der Waals surface area contributed by atoms with Gasteiger partial charge in [0.25, 0.3) is 0 Å². The van der Waals surface area contributed by atoms with Crippen molar-refractivity contribution >= 4 is 17.9 Å². The number of unbranched alkanes of at least 4 members (excludes halogenated alkanes) is 17. The molecule has 2 atom stereocenters. The molecule has 0 fully saturated rings. The van der Waals surface area contributed by atoms with Crippen molar-refractivity contribution in [1.82, 2.24) is 0 Å². The van der Waals surface area contributed by atoms with E-state index in [2.05, 4.69) is 111 Å². The Labute approximate surface area is 398 Å². The lowest BCUT2D eigenvalue weighted by Crippen LogP contribution is -2.50. The second-order valence-corrected chi connectivity index (χ2v) is 18.1. The van der Waals surface area contributed by atoms with Crippen LogP contribution in [-0.2, 0) is 28.6 Å². The van der Waals surface area contributed by atoms with Gasteiger partial charge >= 0.3 is 17.9 Å². The predicted molar refractivity (Wildman–Crippen MR) is 275 cm³/mol. The lowest BCUT2D eigenvalue weighted by atomic mass is 10.1. The first-order valence-corrected chi connectivity index (χ1v) is 25.8. The van der Waals surface area contributed by atoms with Crippen molar-refractivity contribution in [2.75, 3.05) is 41.0 Å². The van der Waals surface area contributed by atoms with E-state index in [-0.39, 0.29) is 36.2 Å². The molecule has 0 amide bonds. The largest absolute Gasteiger partial charge is 0.477 e.